The van der Waals surface area contributed by atoms with Crippen molar-refractivity contribution < 1.29 is 13.2 Å². The van der Waals surface area contributed by atoms with Gasteiger partial charge in [0.2, 0.25) is 5.91 Å². The van der Waals surface area contributed by atoms with E-state index in [9.17, 15) is 13.2 Å². The van der Waals surface area contributed by atoms with Gasteiger partial charge in [-0.2, -0.15) is 0 Å². The summed E-state index contributed by atoms with van der Waals surface area (Å²) in [6, 6.07) is 4.14. The lowest BCUT2D eigenvalue weighted by Crippen LogP contribution is -2.45. The zero-order valence-electron chi connectivity index (χ0n) is 12.5. The Hall–Kier alpha value is -0.820. The topological polar surface area (TPSA) is 89.3 Å². The Morgan fingerprint density at radius 2 is 2.00 bits per heavy atom. The standard InChI is InChI=1S/C14H20Cl2N2O3S/c1-9(7-10-3-4-11(15)8-12(10)16)18-14(19)13(17)5-6-22(2,20)21/h3-4,8-9,13H,5-7,17H2,1-2H3,(H,18,19). The van der Waals surface area contributed by atoms with Crippen molar-refractivity contribution >= 4 is 38.9 Å². The number of benzene rings is 1. The zero-order valence-corrected chi connectivity index (χ0v) is 14.8. The van der Waals surface area contributed by atoms with Crippen molar-refractivity contribution in [3.8, 4) is 0 Å². The highest BCUT2D eigenvalue weighted by atomic mass is 35.5. The van der Waals surface area contributed by atoms with Crippen LogP contribution in [0.5, 0.6) is 0 Å². The van der Waals surface area contributed by atoms with Gasteiger partial charge in [-0.1, -0.05) is 29.3 Å². The monoisotopic (exact) mass is 366 g/mol. The normalized spacial score (nSPS) is 14.4. The zero-order chi connectivity index (χ0) is 16.9. The third-order valence-electron chi connectivity index (χ3n) is 3.07. The van der Waals surface area contributed by atoms with Gasteiger partial charge in [-0.25, -0.2) is 8.42 Å². The first-order chi connectivity index (χ1) is 10.1. The highest BCUT2D eigenvalue weighted by Crippen LogP contribution is 2.22. The number of carbonyl (C=O) groups excluding carboxylic acids is 1. The van der Waals surface area contributed by atoms with E-state index in [1.165, 1.54) is 0 Å². The highest BCUT2D eigenvalue weighted by molar-refractivity contribution is 7.90. The minimum Gasteiger partial charge on any atom is -0.352 e. The van der Waals surface area contributed by atoms with E-state index in [-0.39, 0.29) is 24.1 Å². The maximum absolute atomic E-state index is 11.9. The quantitative estimate of drug-likeness (QED) is 0.769. The molecular formula is C14H20Cl2N2O3S. The molecular weight excluding hydrogens is 347 g/mol. The molecule has 0 saturated carbocycles. The van der Waals surface area contributed by atoms with Gasteiger partial charge in [0.25, 0.3) is 0 Å². The number of nitrogens with two attached hydrogens (primary N) is 1. The van der Waals surface area contributed by atoms with Gasteiger partial charge >= 0.3 is 0 Å². The van der Waals surface area contributed by atoms with Gasteiger partial charge in [0, 0.05) is 22.3 Å². The predicted octanol–water partition coefficient (Wildman–Crippen LogP) is 1.80. The molecule has 1 aromatic carbocycles. The minimum absolute atomic E-state index is 0.0963. The van der Waals surface area contributed by atoms with Gasteiger partial charge in [0.05, 0.1) is 11.8 Å². The van der Waals surface area contributed by atoms with E-state index < -0.39 is 15.9 Å². The molecule has 5 nitrogen and oxygen atoms in total. The van der Waals surface area contributed by atoms with Crippen LogP contribution in [0.2, 0.25) is 10.0 Å². The summed E-state index contributed by atoms with van der Waals surface area (Å²) in [7, 11) is -3.13. The van der Waals surface area contributed by atoms with E-state index in [1.807, 2.05) is 6.92 Å². The molecule has 1 rings (SSSR count). The second-order valence-corrected chi connectivity index (χ2v) is 8.48. The molecule has 1 amide bonds. The Labute approximate surface area is 141 Å². The van der Waals surface area contributed by atoms with Gasteiger partial charge in [-0.15, -0.1) is 0 Å². The van der Waals surface area contributed by atoms with Gasteiger partial charge in [0.15, 0.2) is 0 Å². The lowest BCUT2D eigenvalue weighted by molar-refractivity contribution is -0.122. The lowest BCUT2D eigenvalue weighted by atomic mass is 10.1. The molecule has 0 aliphatic heterocycles. The largest absolute Gasteiger partial charge is 0.352 e. The van der Waals surface area contributed by atoms with Crippen LogP contribution in [0.4, 0.5) is 0 Å². The van der Waals surface area contributed by atoms with Crippen molar-refractivity contribution in [2.45, 2.75) is 31.8 Å². The molecule has 8 heteroatoms. The van der Waals surface area contributed by atoms with Crippen molar-refractivity contribution in [3.05, 3.63) is 33.8 Å². The summed E-state index contributed by atoms with van der Waals surface area (Å²) in [5.74, 6) is -0.486. The van der Waals surface area contributed by atoms with Crippen molar-refractivity contribution in [1.29, 1.82) is 0 Å². The molecule has 0 radical (unpaired) electrons. The van der Waals surface area contributed by atoms with Crippen molar-refractivity contribution in [3.63, 3.8) is 0 Å². The predicted molar refractivity (Wildman–Crippen MR) is 90.1 cm³/mol. The molecule has 0 saturated heterocycles. The summed E-state index contributed by atoms with van der Waals surface area (Å²) in [5.41, 5.74) is 6.56. The van der Waals surface area contributed by atoms with Gasteiger partial charge in [-0.3, -0.25) is 4.79 Å². The summed E-state index contributed by atoms with van der Waals surface area (Å²) >= 11 is 11.9. The fourth-order valence-electron chi connectivity index (χ4n) is 1.89. The Morgan fingerprint density at radius 3 is 2.55 bits per heavy atom. The smallest absolute Gasteiger partial charge is 0.237 e. The van der Waals surface area contributed by atoms with Crippen molar-refractivity contribution in [1.82, 2.24) is 5.32 Å². The molecule has 22 heavy (non-hydrogen) atoms. The van der Waals surface area contributed by atoms with Crippen LogP contribution in [0.3, 0.4) is 0 Å². The van der Waals surface area contributed by atoms with Gasteiger partial charge in [-0.05, 0) is 37.5 Å². The van der Waals surface area contributed by atoms with Gasteiger partial charge < -0.3 is 11.1 Å². The molecule has 0 bridgehead atoms. The van der Waals surface area contributed by atoms with Crippen LogP contribution in [0.1, 0.15) is 18.9 Å². The average Bonchev–Trinajstić information content (AvgIpc) is 2.38. The second-order valence-electron chi connectivity index (χ2n) is 5.37. The Morgan fingerprint density at radius 1 is 1.36 bits per heavy atom. The molecule has 3 N–H and O–H groups in total. The number of hydrogen-bond donors (Lipinski definition) is 2. The van der Waals surface area contributed by atoms with E-state index in [0.717, 1.165) is 11.8 Å². The first kappa shape index (κ1) is 19.2. The summed E-state index contributed by atoms with van der Waals surface area (Å²) in [4.78, 5) is 11.9. The average molecular weight is 367 g/mol. The number of halogens is 2. The highest BCUT2D eigenvalue weighted by Gasteiger charge is 2.18. The number of hydrogen-bond acceptors (Lipinski definition) is 4. The minimum atomic E-state index is -3.13. The summed E-state index contributed by atoms with van der Waals surface area (Å²) < 4.78 is 22.1. The SMILES string of the molecule is CC(Cc1ccc(Cl)cc1Cl)NC(=O)C(N)CCS(C)(=O)=O. The Kier molecular flexibility index (Phi) is 7.12. The number of rotatable bonds is 7. The number of nitrogens with one attached hydrogen (secondary N) is 1. The van der Waals surface area contributed by atoms with Crippen molar-refractivity contribution in [2.24, 2.45) is 5.73 Å². The summed E-state index contributed by atoms with van der Waals surface area (Å²) in [6.07, 6.45) is 1.74. The lowest BCUT2D eigenvalue weighted by Gasteiger charge is -2.18. The molecule has 124 valence electrons. The summed E-state index contributed by atoms with van der Waals surface area (Å²) in [6.45, 7) is 1.83. The van der Waals surface area contributed by atoms with E-state index in [1.54, 1.807) is 18.2 Å². The molecule has 0 aliphatic rings. The maximum Gasteiger partial charge on any atom is 0.237 e. The Bertz CT molecular complexity index is 635. The molecule has 1 aromatic rings. The first-order valence-electron chi connectivity index (χ1n) is 6.76. The van der Waals surface area contributed by atoms with Crippen LogP contribution in [-0.2, 0) is 21.1 Å². The number of sulfone groups is 1. The van der Waals surface area contributed by atoms with Crippen LogP contribution in [0.25, 0.3) is 0 Å². The fraction of sp³-hybridized carbons (Fsp3) is 0.500. The molecule has 0 heterocycles. The van der Waals surface area contributed by atoms with Crippen molar-refractivity contribution in [2.75, 3.05) is 12.0 Å². The summed E-state index contributed by atoms with van der Waals surface area (Å²) in [5, 5.41) is 3.84. The molecule has 0 fully saturated rings. The third kappa shape index (κ3) is 6.96. The fourth-order valence-corrected chi connectivity index (χ4v) is 3.06. The molecule has 0 aromatic heterocycles. The van der Waals surface area contributed by atoms with Crippen LogP contribution < -0.4 is 11.1 Å². The van der Waals surface area contributed by atoms with E-state index in [2.05, 4.69) is 5.32 Å². The molecule has 2 unspecified atom stereocenters. The van der Waals surface area contributed by atoms with E-state index in [0.29, 0.717) is 16.5 Å². The van der Waals surface area contributed by atoms with E-state index in [4.69, 9.17) is 28.9 Å². The molecule has 0 spiro atoms. The van der Waals surface area contributed by atoms with Crippen LogP contribution in [0, 0.1) is 0 Å². The van der Waals surface area contributed by atoms with Crippen LogP contribution in [-0.4, -0.2) is 38.4 Å². The maximum atomic E-state index is 11.9. The third-order valence-corrected chi connectivity index (χ3v) is 4.63. The number of amides is 1. The molecule has 2 atom stereocenters. The first-order valence-corrected chi connectivity index (χ1v) is 9.57. The van der Waals surface area contributed by atoms with E-state index >= 15 is 0 Å². The van der Waals surface area contributed by atoms with Crippen LogP contribution in [0.15, 0.2) is 18.2 Å². The second kappa shape index (κ2) is 8.15. The Balaban J connectivity index is 2.53. The number of carbonyl (C=O) groups is 1. The van der Waals surface area contributed by atoms with Gasteiger partial charge in [0.1, 0.15) is 9.84 Å². The molecule has 0 aliphatic carbocycles. The van der Waals surface area contributed by atoms with Crippen LogP contribution >= 0.6 is 23.2 Å².